The van der Waals surface area contributed by atoms with Crippen LogP contribution in [0, 0.1) is 6.92 Å². The summed E-state index contributed by atoms with van der Waals surface area (Å²) < 4.78 is 1.90. The lowest BCUT2D eigenvalue weighted by atomic mass is 10.2. The first-order valence-electron chi connectivity index (χ1n) is 4.91. The SMILES string of the molecule is Cc1c(Br)cccc1Nc1ncc(Cl)cc1Br. The smallest absolute Gasteiger partial charge is 0.144 e. The molecular formula is C12H9Br2ClN2. The lowest BCUT2D eigenvalue weighted by Gasteiger charge is -2.11. The Morgan fingerprint density at radius 2 is 2.00 bits per heavy atom. The van der Waals surface area contributed by atoms with Gasteiger partial charge in [0.1, 0.15) is 5.82 Å². The lowest BCUT2D eigenvalue weighted by Crippen LogP contribution is -1.96. The Hall–Kier alpha value is -0.580. The number of anilines is 2. The molecule has 2 aromatic rings. The molecule has 0 radical (unpaired) electrons. The van der Waals surface area contributed by atoms with Crippen molar-refractivity contribution in [3.8, 4) is 0 Å². The second kappa shape index (κ2) is 5.38. The highest BCUT2D eigenvalue weighted by atomic mass is 79.9. The highest BCUT2D eigenvalue weighted by Gasteiger charge is 2.06. The van der Waals surface area contributed by atoms with Crippen LogP contribution in [0.1, 0.15) is 5.56 Å². The molecule has 2 rings (SSSR count). The van der Waals surface area contributed by atoms with E-state index in [1.807, 2.05) is 31.2 Å². The molecule has 5 heteroatoms. The van der Waals surface area contributed by atoms with Crippen molar-refractivity contribution in [2.75, 3.05) is 5.32 Å². The van der Waals surface area contributed by atoms with Gasteiger partial charge in [-0.25, -0.2) is 4.98 Å². The maximum Gasteiger partial charge on any atom is 0.144 e. The second-order valence-electron chi connectivity index (χ2n) is 3.52. The molecule has 1 heterocycles. The summed E-state index contributed by atoms with van der Waals surface area (Å²) in [6, 6.07) is 7.79. The summed E-state index contributed by atoms with van der Waals surface area (Å²) in [6.45, 7) is 2.04. The zero-order valence-electron chi connectivity index (χ0n) is 8.97. The molecule has 1 aromatic carbocycles. The molecule has 0 unspecified atom stereocenters. The Morgan fingerprint density at radius 3 is 2.71 bits per heavy atom. The molecule has 88 valence electrons. The Labute approximate surface area is 122 Å². The Morgan fingerprint density at radius 1 is 1.24 bits per heavy atom. The van der Waals surface area contributed by atoms with Crippen LogP contribution in [0.3, 0.4) is 0 Å². The van der Waals surface area contributed by atoms with Crippen LogP contribution in [0.5, 0.6) is 0 Å². The number of rotatable bonds is 2. The first-order chi connectivity index (χ1) is 8.08. The summed E-state index contributed by atoms with van der Waals surface area (Å²) in [5.74, 6) is 0.746. The van der Waals surface area contributed by atoms with Crippen LogP contribution in [0.25, 0.3) is 0 Å². The van der Waals surface area contributed by atoms with Gasteiger partial charge >= 0.3 is 0 Å². The van der Waals surface area contributed by atoms with E-state index in [9.17, 15) is 0 Å². The van der Waals surface area contributed by atoms with E-state index in [0.717, 1.165) is 26.0 Å². The first-order valence-corrected chi connectivity index (χ1v) is 6.87. The number of aromatic nitrogens is 1. The van der Waals surface area contributed by atoms with E-state index < -0.39 is 0 Å². The highest BCUT2D eigenvalue weighted by Crippen LogP contribution is 2.30. The standard InChI is InChI=1S/C12H9Br2ClN2/c1-7-9(13)3-2-4-11(7)17-12-10(14)5-8(15)6-16-12/h2-6H,1H3,(H,16,17). The van der Waals surface area contributed by atoms with Gasteiger partial charge in [-0.1, -0.05) is 33.6 Å². The van der Waals surface area contributed by atoms with Gasteiger partial charge < -0.3 is 5.32 Å². The zero-order chi connectivity index (χ0) is 12.4. The van der Waals surface area contributed by atoms with E-state index in [1.165, 1.54) is 0 Å². The quantitative estimate of drug-likeness (QED) is 0.768. The van der Waals surface area contributed by atoms with Crippen molar-refractivity contribution < 1.29 is 0 Å². The molecule has 0 saturated carbocycles. The third-order valence-corrected chi connectivity index (χ3v) is 4.00. The number of pyridine rings is 1. The van der Waals surface area contributed by atoms with Crippen LogP contribution >= 0.6 is 43.5 Å². The number of nitrogens with one attached hydrogen (secondary N) is 1. The number of hydrogen-bond donors (Lipinski definition) is 1. The Kier molecular flexibility index (Phi) is 4.07. The van der Waals surface area contributed by atoms with Crippen LogP contribution in [0.4, 0.5) is 11.5 Å². The van der Waals surface area contributed by atoms with Gasteiger partial charge in [0.15, 0.2) is 0 Å². The van der Waals surface area contributed by atoms with Crippen molar-refractivity contribution in [1.29, 1.82) is 0 Å². The monoisotopic (exact) mass is 374 g/mol. The van der Waals surface area contributed by atoms with Crippen molar-refractivity contribution in [1.82, 2.24) is 4.98 Å². The van der Waals surface area contributed by atoms with Crippen molar-refractivity contribution >= 4 is 55.0 Å². The molecule has 17 heavy (non-hydrogen) atoms. The number of nitrogens with zero attached hydrogens (tertiary/aromatic N) is 1. The lowest BCUT2D eigenvalue weighted by molar-refractivity contribution is 1.28. The largest absolute Gasteiger partial charge is 0.339 e. The van der Waals surface area contributed by atoms with E-state index >= 15 is 0 Å². The molecule has 0 atom stereocenters. The summed E-state index contributed by atoms with van der Waals surface area (Å²) in [7, 11) is 0. The highest BCUT2D eigenvalue weighted by molar-refractivity contribution is 9.11. The number of halogens is 3. The van der Waals surface area contributed by atoms with Crippen LogP contribution in [-0.2, 0) is 0 Å². The summed E-state index contributed by atoms with van der Waals surface area (Å²) in [6.07, 6.45) is 1.61. The zero-order valence-corrected chi connectivity index (χ0v) is 12.9. The van der Waals surface area contributed by atoms with Gasteiger partial charge in [0.2, 0.25) is 0 Å². The molecule has 0 aliphatic heterocycles. The fourth-order valence-electron chi connectivity index (χ4n) is 1.38. The predicted octanol–water partition coefficient (Wildman–Crippen LogP) is 5.31. The average molecular weight is 376 g/mol. The molecule has 0 fully saturated rings. The minimum absolute atomic E-state index is 0.605. The third-order valence-electron chi connectivity index (χ3n) is 2.33. The van der Waals surface area contributed by atoms with Crippen molar-refractivity contribution in [3.63, 3.8) is 0 Å². The van der Waals surface area contributed by atoms with Crippen molar-refractivity contribution in [2.24, 2.45) is 0 Å². The van der Waals surface area contributed by atoms with Gasteiger partial charge in [0.25, 0.3) is 0 Å². The van der Waals surface area contributed by atoms with Gasteiger partial charge in [0.05, 0.1) is 9.50 Å². The number of hydrogen-bond acceptors (Lipinski definition) is 2. The average Bonchev–Trinajstić information content (AvgIpc) is 2.28. The molecule has 0 amide bonds. The second-order valence-corrected chi connectivity index (χ2v) is 5.67. The summed E-state index contributed by atoms with van der Waals surface area (Å²) in [5.41, 5.74) is 2.14. The fourth-order valence-corrected chi connectivity index (χ4v) is 2.48. The Balaban J connectivity index is 2.35. The summed E-state index contributed by atoms with van der Waals surface area (Å²) in [4.78, 5) is 4.24. The maximum absolute atomic E-state index is 5.85. The van der Waals surface area contributed by atoms with Crippen molar-refractivity contribution in [3.05, 3.63) is 50.0 Å². The topological polar surface area (TPSA) is 24.9 Å². The maximum atomic E-state index is 5.85. The van der Waals surface area contributed by atoms with E-state index in [0.29, 0.717) is 5.02 Å². The van der Waals surface area contributed by atoms with E-state index in [2.05, 4.69) is 42.2 Å². The minimum atomic E-state index is 0.605. The molecule has 0 aliphatic rings. The van der Waals surface area contributed by atoms with Gasteiger partial charge in [-0.05, 0) is 46.6 Å². The van der Waals surface area contributed by atoms with E-state index in [-0.39, 0.29) is 0 Å². The van der Waals surface area contributed by atoms with Gasteiger partial charge in [-0.3, -0.25) is 0 Å². The molecule has 1 aromatic heterocycles. The fraction of sp³-hybridized carbons (Fsp3) is 0.0833. The minimum Gasteiger partial charge on any atom is -0.339 e. The van der Waals surface area contributed by atoms with Gasteiger partial charge in [-0.15, -0.1) is 0 Å². The predicted molar refractivity (Wildman–Crippen MR) is 79.1 cm³/mol. The van der Waals surface area contributed by atoms with E-state index in [4.69, 9.17) is 11.6 Å². The molecule has 0 spiro atoms. The first kappa shape index (κ1) is 12.9. The van der Waals surface area contributed by atoms with Gasteiger partial charge in [-0.2, -0.15) is 0 Å². The molecule has 1 N–H and O–H groups in total. The van der Waals surface area contributed by atoms with Crippen LogP contribution in [0.15, 0.2) is 39.4 Å². The van der Waals surface area contributed by atoms with Crippen LogP contribution < -0.4 is 5.32 Å². The van der Waals surface area contributed by atoms with Crippen molar-refractivity contribution in [2.45, 2.75) is 6.92 Å². The van der Waals surface area contributed by atoms with Crippen LogP contribution in [-0.4, -0.2) is 4.98 Å². The third kappa shape index (κ3) is 3.00. The number of benzene rings is 1. The summed E-state index contributed by atoms with van der Waals surface area (Å²) >= 11 is 12.8. The van der Waals surface area contributed by atoms with Crippen LogP contribution in [0.2, 0.25) is 5.02 Å². The summed E-state index contributed by atoms with van der Waals surface area (Å²) in [5, 5.41) is 3.87. The molecule has 2 nitrogen and oxygen atoms in total. The molecule has 0 bridgehead atoms. The molecular weight excluding hydrogens is 367 g/mol. The van der Waals surface area contributed by atoms with E-state index in [1.54, 1.807) is 6.20 Å². The normalized spacial score (nSPS) is 10.4. The molecule has 0 saturated heterocycles. The van der Waals surface area contributed by atoms with Gasteiger partial charge in [0, 0.05) is 16.4 Å². The Bertz CT molecular complexity index is 558. The molecule has 0 aliphatic carbocycles.